The van der Waals surface area contributed by atoms with Crippen molar-refractivity contribution in [3.63, 3.8) is 0 Å². The van der Waals surface area contributed by atoms with Gasteiger partial charge in [-0.15, -0.1) is 0 Å². The van der Waals surface area contributed by atoms with Gasteiger partial charge in [-0.25, -0.2) is 18.0 Å². The number of amides is 2. The van der Waals surface area contributed by atoms with E-state index < -0.39 is 33.3 Å². The Hall–Kier alpha value is -1.00. The molecular weight excluding hydrogens is 320 g/mol. The molecule has 1 aliphatic heterocycles. The summed E-state index contributed by atoms with van der Waals surface area (Å²) < 4.78 is 28.2. The van der Waals surface area contributed by atoms with Crippen LogP contribution in [0.1, 0.15) is 6.42 Å². The molecule has 122 valence electrons. The summed E-state index contributed by atoms with van der Waals surface area (Å²) in [5.74, 6) is -0.264. The zero-order chi connectivity index (χ0) is 16.0. The summed E-state index contributed by atoms with van der Waals surface area (Å²) in [6.07, 6.45) is 1.19. The lowest BCUT2D eigenvalue weighted by atomic mass is 10.2. The van der Waals surface area contributed by atoms with E-state index in [2.05, 4.69) is 5.32 Å². The van der Waals surface area contributed by atoms with Crippen LogP contribution in [0.15, 0.2) is 0 Å². The number of sulfone groups is 1. The minimum atomic E-state index is -3.42. The number of aliphatic carboxylic acids is 1. The van der Waals surface area contributed by atoms with Crippen LogP contribution in [-0.4, -0.2) is 79.9 Å². The third-order valence-corrected chi connectivity index (χ3v) is 5.69. The van der Waals surface area contributed by atoms with Crippen molar-refractivity contribution >= 4 is 33.6 Å². The zero-order valence-electron chi connectivity index (χ0n) is 11.9. The highest BCUT2D eigenvalue weighted by Crippen LogP contribution is 2.20. The molecular formula is C11H20N2O6S2. The molecule has 2 atom stereocenters. The molecule has 1 heterocycles. The van der Waals surface area contributed by atoms with Crippen LogP contribution in [0.2, 0.25) is 0 Å². The van der Waals surface area contributed by atoms with Crippen LogP contribution in [0, 0.1) is 0 Å². The molecule has 2 amide bonds. The van der Waals surface area contributed by atoms with Gasteiger partial charge in [0.2, 0.25) is 0 Å². The third-order valence-electron chi connectivity index (χ3n) is 3.05. The summed E-state index contributed by atoms with van der Waals surface area (Å²) in [6.45, 7) is 0.452. The second kappa shape index (κ2) is 7.85. The molecule has 1 saturated heterocycles. The Morgan fingerprint density at radius 1 is 1.52 bits per heavy atom. The lowest BCUT2D eigenvalue weighted by molar-refractivity contribution is -0.139. The predicted molar refractivity (Wildman–Crippen MR) is 79.1 cm³/mol. The van der Waals surface area contributed by atoms with Crippen LogP contribution in [0.4, 0.5) is 4.79 Å². The Morgan fingerprint density at radius 2 is 2.19 bits per heavy atom. The van der Waals surface area contributed by atoms with Gasteiger partial charge < -0.3 is 20.1 Å². The van der Waals surface area contributed by atoms with Crippen LogP contribution in [0.3, 0.4) is 0 Å². The molecule has 21 heavy (non-hydrogen) atoms. The minimum absolute atomic E-state index is 0.115. The maximum Gasteiger partial charge on any atom is 0.326 e. The first-order valence-corrected chi connectivity index (χ1v) is 9.43. The number of carbonyl (C=O) groups is 2. The average Bonchev–Trinajstić information content (AvgIpc) is 2.42. The van der Waals surface area contributed by atoms with Gasteiger partial charge in [-0.05, 0) is 0 Å². The number of ether oxygens (including phenoxy) is 1. The van der Waals surface area contributed by atoms with E-state index in [-0.39, 0.29) is 19.6 Å². The van der Waals surface area contributed by atoms with Gasteiger partial charge in [0.05, 0.1) is 0 Å². The predicted octanol–water partition coefficient (Wildman–Crippen LogP) is -0.395. The highest BCUT2D eigenvalue weighted by Gasteiger charge is 2.35. The number of nitrogens with one attached hydrogen (secondary N) is 1. The van der Waals surface area contributed by atoms with Gasteiger partial charge in [0, 0.05) is 44.4 Å². The lowest BCUT2D eigenvalue weighted by Gasteiger charge is -2.34. The molecule has 8 nitrogen and oxygen atoms in total. The molecule has 1 aliphatic rings. The Kier molecular flexibility index (Phi) is 6.75. The molecule has 0 aromatic carbocycles. The van der Waals surface area contributed by atoms with Crippen LogP contribution in [0.5, 0.6) is 0 Å². The third kappa shape index (κ3) is 5.36. The van der Waals surface area contributed by atoms with E-state index >= 15 is 0 Å². The van der Waals surface area contributed by atoms with Crippen molar-refractivity contribution in [1.82, 2.24) is 10.2 Å². The van der Waals surface area contributed by atoms with Gasteiger partial charge in [-0.2, -0.15) is 11.8 Å². The number of carboxylic acids is 1. The fourth-order valence-corrected chi connectivity index (χ4v) is 4.71. The van der Waals surface area contributed by atoms with Crippen molar-refractivity contribution in [2.45, 2.75) is 17.8 Å². The fourth-order valence-electron chi connectivity index (χ4n) is 1.89. The maximum absolute atomic E-state index is 12.2. The van der Waals surface area contributed by atoms with Gasteiger partial charge >= 0.3 is 12.0 Å². The van der Waals surface area contributed by atoms with Crippen LogP contribution in [-0.2, 0) is 19.4 Å². The van der Waals surface area contributed by atoms with Crippen molar-refractivity contribution in [3.05, 3.63) is 0 Å². The second-order valence-corrected chi connectivity index (χ2v) is 8.03. The Balaban J connectivity index is 2.77. The van der Waals surface area contributed by atoms with E-state index in [0.717, 1.165) is 6.26 Å². The monoisotopic (exact) mass is 340 g/mol. The highest BCUT2D eigenvalue weighted by molar-refractivity contribution is 8.00. The van der Waals surface area contributed by atoms with Crippen molar-refractivity contribution in [3.8, 4) is 0 Å². The van der Waals surface area contributed by atoms with E-state index in [4.69, 9.17) is 9.84 Å². The smallest absolute Gasteiger partial charge is 0.326 e. The Morgan fingerprint density at radius 3 is 2.71 bits per heavy atom. The first-order valence-electron chi connectivity index (χ1n) is 6.33. The van der Waals surface area contributed by atoms with Gasteiger partial charge in [0.1, 0.15) is 11.4 Å². The molecule has 0 radical (unpaired) electrons. The molecule has 0 aromatic heterocycles. The van der Waals surface area contributed by atoms with Gasteiger partial charge in [-0.3, -0.25) is 0 Å². The Labute approximate surface area is 128 Å². The quantitative estimate of drug-likeness (QED) is 0.677. The molecule has 1 fully saturated rings. The normalized spacial score (nSPS) is 20.9. The van der Waals surface area contributed by atoms with E-state index in [9.17, 15) is 18.0 Å². The highest BCUT2D eigenvalue weighted by atomic mass is 32.2. The molecule has 10 heteroatoms. The number of thioether (sulfide) groups is 1. The number of hydrogen-bond acceptors (Lipinski definition) is 6. The standard InChI is InChI=1S/C11H20N2O6S2/c1-19-5-3-8(10(14)15)12-11(16)13-4-6-20-7-9(13)21(2,17)18/h8-9H,3-7H2,1-2H3,(H,12,16)(H,14,15). The van der Waals surface area contributed by atoms with Crippen molar-refractivity contribution in [2.75, 3.05) is 38.0 Å². The van der Waals surface area contributed by atoms with E-state index in [1.807, 2.05) is 0 Å². The summed E-state index contributed by atoms with van der Waals surface area (Å²) in [5.41, 5.74) is 0. The van der Waals surface area contributed by atoms with Gasteiger partial charge in [0.15, 0.2) is 9.84 Å². The Bertz CT molecular complexity index is 481. The molecule has 0 aromatic rings. The average molecular weight is 340 g/mol. The molecule has 0 aliphatic carbocycles. The topological polar surface area (TPSA) is 113 Å². The largest absolute Gasteiger partial charge is 0.480 e. The number of nitrogens with zero attached hydrogens (tertiary/aromatic N) is 1. The van der Waals surface area contributed by atoms with Crippen LogP contribution in [0.25, 0.3) is 0 Å². The first kappa shape index (κ1) is 18.1. The lowest BCUT2D eigenvalue weighted by Crippen LogP contribution is -2.56. The maximum atomic E-state index is 12.2. The second-order valence-electron chi connectivity index (χ2n) is 4.67. The fraction of sp³-hybridized carbons (Fsp3) is 0.818. The van der Waals surface area contributed by atoms with E-state index in [0.29, 0.717) is 11.5 Å². The number of carbonyl (C=O) groups excluding carboxylic acids is 1. The van der Waals surface area contributed by atoms with Gasteiger partial charge in [0.25, 0.3) is 0 Å². The number of hydrogen-bond donors (Lipinski definition) is 2. The van der Waals surface area contributed by atoms with Gasteiger partial charge in [-0.1, -0.05) is 0 Å². The summed E-state index contributed by atoms with van der Waals surface area (Å²) in [6, 6.07) is -1.78. The first-order chi connectivity index (χ1) is 9.77. The SMILES string of the molecule is COCCC(NC(=O)N1CCSCC1S(C)(=O)=O)C(=O)O. The zero-order valence-corrected chi connectivity index (χ0v) is 13.6. The molecule has 0 spiro atoms. The van der Waals surface area contributed by atoms with Crippen molar-refractivity contribution < 1.29 is 27.9 Å². The number of rotatable bonds is 6. The van der Waals surface area contributed by atoms with Crippen LogP contribution >= 0.6 is 11.8 Å². The molecule has 2 N–H and O–H groups in total. The summed E-state index contributed by atoms with van der Waals surface area (Å²) >= 11 is 1.45. The van der Waals surface area contributed by atoms with Crippen molar-refractivity contribution in [1.29, 1.82) is 0 Å². The van der Waals surface area contributed by atoms with E-state index in [1.54, 1.807) is 0 Å². The van der Waals surface area contributed by atoms with Crippen LogP contribution < -0.4 is 5.32 Å². The molecule has 0 saturated carbocycles. The summed E-state index contributed by atoms with van der Waals surface area (Å²) in [5, 5.41) is 10.5. The number of methoxy groups -OCH3 is 1. The van der Waals surface area contributed by atoms with E-state index in [1.165, 1.54) is 23.8 Å². The molecule has 1 rings (SSSR count). The molecule has 0 bridgehead atoms. The molecule has 2 unspecified atom stereocenters. The number of carboxylic acid groups (broad SMARTS) is 1. The summed E-state index contributed by atoms with van der Waals surface area (Å²) in [7, 11) is -1.99. The summed E-state index contributed by atoms with van der Waals surface area (Å²) in [4.78, 5) is 24.5. The number of urea groups is 1. The minimum Gasteiger partial charge on any atom is -0.480 e. The van der Waals surface area contributed by atoms with Crippen molar-refractivity contribution in [2.24, 2.45) is 0 Å².